The van der Waals surface area contributed by atoms with Crippen LogP contribution >= 0.6 is 0 Å². The second-order valence-corrected chi connectivity index (χ2v) is 5.93. The number of benzene rings is 1. The van der Waals surface area contributed by atoms with Crippen LogP contribution in [0.3, 0.4) is 0 Å². The number of aromatic nitrogens is 3. The molecule has 0 N–H and O–H groups in total. The molecule has 0 amide bonds. The third-order valence-electron chi connectivity index (χ3n) is 4.07. The Hall–Kier alpha value is -2.40. The van der Waals surface area contributed by atoms with Gasteiger partial charge in [0.05, 0.1) is 23.7 Å². The molecular weight excluding hydrogens is 290 g/mol. The lowest BCUT2D eigenvalue weighted by molar-refractivity contribution is 0.164. The molecule has 0 saturated carbocycles. The second kappa shape index (κ2) is 6.01. The van der Waals surface area contributed by atoms with Gasteiger partial charge in [0, 0.05) is 31.5 Å². The van der Waals surface area contributed by atoms with Crippen LogP contribution in [0.5, 0.6) is 0 Å². The molecule has 120 valence electrons. The molecule has 0 radical (unpaired) electrons. The molecule has 0 aliphatic carbocycles. The summed E-state index contributed by atoms with van der Waals surface area (Å²) in [6.45, 7) is 4.53. The van der Waals surface area contributed by atoms with E-state index in [0.717, 1.165) is 22.4 Å². The van der Waals surface area contributed by atoms with Crippen molar-refractivity contribution in [1.82, 2.24) is 14.1 Å². The van der Waals surface area contributed by atoms with Crippen molar-refractivity contribution in [2.45, 2.75) is 19.9 Å². The Balaban J connectivity index is 2.28. The van der Waals surface area contributed by atoms with E-state index < -0.39 is 0 Å². The second-order valence-electron chi connectivity index (χ2n) is 5.93. The topological polar surface area (TPSA) is 49.0 Å². The van der Waals surface area contributed by atoms with Gasteiger partial charge in [0.25, 0.3) is 5.56 Å². The minimum atomic E-state index is 0.0151. The summed E-state index contributed by atoms with van der Waals surface area (Å²) < 4.78 is 9.12. The largest absolute Gasteiger partial charge is 0.383 e. The van der Waals surface area contributed by atoms with Gasteiger partial charge >= 0.3 is 0 Å². The average Bonchev–Trinajstić information content (AvgIpc) is 2.92. The molecule has 0 spiro atoms. The van der Waals surface area contributed by atoms with Crippen LogP contribution in [-0.4, -0.2) is 27.8 Å². The van der Waals surface area contributed by atoms with Gasteiger partial charge in [-0.05, 0) is 32.0 Å². The third kappa shape index (κ3) is 2.68. The Morgan fingerprint density at radius 1 is 1.30 bits per heavy atom. The average molecular weight is 311 g/mol. The maximum atomic E-state index is 12.0. The fourth-order valence-electron chi connectivity index (χ4n) is 3.01. The number of ether oxygens (including phenoxy) is 1. The van der Waals surface area contributed by atoms with Gasteiger partial charge in [-0.1, -0.05) is 12.1 Å². The monoisotopic (exact) mass is 311 g/mol. The number of methoxy groups -OCH3 is 1. The Morgan fingerprint density at radius 3 is 2.74 bits per heavy atom. The van der Waals surface area contributed by atoms with E-state index in [9.17, 15) is 4.79 Å². The van der Waals surface area contributed by atoms with Crippen LogP contribution < -0.4 is 5.56 Å². The van der Waals surface area contributed by atoms with Gasteiger partial charge in [0.1, 0.15) is 5.82 Å². The summed E-state index contributed by atoms with van der Waals surface area (Å²) in [4.78, 5) is 16.8. The number of aryl methyl sites for hydroxylation is 2. The summed E-state index contributed by atoms with van der Waals surface area (Å²) in [6, 6.07) is 10.1. The molecule has 0 unspecified atom stereocenters. The van der Waals surface area contributed by atoms with Gasteiger partial charge in [-0.15, -0.1) is 0 Å². The first-order chi connectivity index (χ1) is 11.0. The van der Waals surface area contributed by atoms with Crippen LogP contribution in [0.25, 0.3) is 22.4 Å². The highest BCUT2D eigenvalue weighted by molar-refractivity contribution is 5.80. The number of para-hydroxylation sites is 2. The van der Waals surface area contributed by atoms with Crippen molar-refractivity contribution in [3.05, 3.63) is 52.4 Å². The molecule has 0 aliphatic heterocycles. The number of hydrogen-bond donors (Lipinski definition) is 0. The lowest BCUT2D eigenvalue weighted by Gasteiger charge is -2.17. The van der Waals surface area contributed by atoms with Crippen molar-refractivity contribution in [2.75, 3.05) is 13.7 Å². The third-order valence-corrected chi connectivity index (χ3v) is 4.07. The van der Waals surface area contributed by atoms with E-state index in [-0.39, 0.29) is 11.6 Å². The number of nitrogens with zero attached hydrogens (tertiary/aromatic N) is 3. The lowest BCUT2D eigenvalue weighted by atomic mass is 10.2. The molecule has 3 rings (SSSR count). The summed E-state index contributed by atoms with van der Waals surface area (Å²) in [6.07, 6.45) is 1.84. The molecule has 5 heteroatoms. The van der Waals surface area contributed by atoms with Crippen molar-refractivity contribution >= 4 is 11.0 Å². The Morgan fingerprint density at radius 2 is 2.04 bits per heavy atom. The zero-order valence-corrected chi connectivity index (χ0v) is 13.9. The molecule has 3 aromatic rings. The predicted molar refractivity (Wildman–Crippen MR) is 91.7 cm³/mol. The van der Waals surface area contributed by atoms with E-state index in [4.69, 9.17) is 9.72 Å². The number of hydrogen-bond acceptors (Lipinski definition) is 3. The standard InChI is InChI=1S/C18H21N3O2/c1-12-9-14(10-20(3)18(12)22)17-19-15-7-5-6-8-16(15)21(17)13(2)11-23-4/h5-10,13H,11H2,1-4H3/t13-/m1/s1. The van der Waals surface area contributed by atoms with Gasteiger partial charge in [-0.2, -0.15) is 0 Å². The van der Waals surface area contributed by atoms with E-state index in [2.05, 4.69) is 17.6 Å². The highest BCUT2D eigenvalue weighted by Crippen LogP contribution is 2.28. The van der Waals surface area contributed by atoms with Gasteiger partial charge in [0.15, 0.2) is 0 Å². The Kier molecular flexibility index (Phi) is 4.05. The first kappa shape index (κ1) is 15.5. The summed E-state index contributed by atoms with van der Waals surface area (Å²) in [5.41, 5.74) is 3.67. The normalized spacial score (nSPS) is 12.7. The molecule has 2 aromatic heterocycles. The molecule has 23 heavy (non-hydrogen) atoms. The first-order valence-electron chi connectivity index (χ1n) is 7.66. The smallest absolute Gasteiger partial charge is 0.253 e. The van der Waals surface area contributed by atoms with Crippen LogP contribution in [-0.2, 0) is 11.8 Å². The molecule has 0 saturated heterocycles. The molecule has 0 fully saturated rings. The van der Waals surface area contributed by atoms with Crippen molar-refractivity contribution in [2.24, 2.45) is 7.05 Å². The van der Waals surface area contributed by atoms with Crippen LogP contribution in [0.4, 0.5) is 0 Å². The first-order valence-corrected chi connectivity index (χ1v) is 7.66. The van der Waals surface area contributed by atoms with E-state index in [1.54, 1.807) is 18.7 Å². The van der Waals surface area contributed by atoms with Crippen LogP contribution in [0, 0.1) is 6.92 Å². The highest BCUT2D eigenvalue weighted by atomic mass is 16.5. The van der Waals surface area contributed by atoms with Gasteiger partial charge in [0.2, 0.25) is 0 Å². The maximum absolute atomic E-state index is 12.0. The summed E-state index contributed by atoms with van der Waals surface area (Å²) in [5, 5.41) is 0. The van der Waals surface area contributed by atoms with Crippen LogP contribution in [0.1, 0.15) is 18.5 Å². The lowest BCUT2D eigenvalue weighted by Crippen LogP contribution is -2.19. The van der Waals surface area contributed by atoms with E-state index in [1.165, 1.54) is 0 Å². The summed E-state index contributed by atoms with van der Waals surface area (Å²) in [7, 11) is 3.47. The molecular formula is C18H21N3O2. The van der Waals surface area contributed by atoms with E-state index in [0.29, 0.717) is 12.2 Å². The number of fused-ring (bicyclic) bond motifs is 1. The Bertz CT molecular complexity index is 882. The quantitative estimate of drug-likeness (QED) is 0.744. The fourth-order valence-corrected chi connectivity index (χ4v) is 3.01. The van der Waals surface area contributed by atoms with Crippen LogP contribution in [0.15, 0.2) is 41.3 Å². The number of rotatable bonds is 4. The minimum absolute atomic E-state index is 0.0151. The van der Waals surface area contributed by atoms with Crippen LogP contribution in [0.2, 0.25) is 0 Å². The zero-order valence-electron chi connectivity index (χ0n) is 13.9. The van der Waals surface area contributed by atoms with E-state index >= 15 is 0 Å². The molecule has 1 atom stereocenters. The number of pyridine rings is 1. The van der Waals surface area contributed by atoms with Gasteiger partial charge < -0.3 is 13.9 Å². The van der Waals surface area contributed by atoms with Gasteiger partial charge in [-0.25, -0.2) is 4.98 Å². The Labute approximate surface area is 135 Å². The van der Waals surface area contributed by atoms with Crippen molar-refractivity contribution in [3.8, 4) is 11.4 Å². The molecule has 0 aliphatic rings. The molecule has 1 aromatic carbocycles. The fraction of sp³-hybridized carbons (Fsp3) is 0.333. The van der Waals surface area contributed by atoms with Crippen molar-refractivity contribution in [3.63, 3.8) is 0 Å². The van der Waals surface area contributed by atoms with Crippen molar-refractivity contribution in [1.29, 1.82) is 0 Å². The summed E-state index contributed by atoms with van der Waals surface area (Å²) in [5.74, 6) is 0.856. The molecule has 0 bridgehead atoms. The molecule has 5 nitrogen and oxygen atoms in total. The molecule has 2 heterocycles. The van der Waals surface area contributed by atoms with E-state index in [1.807, 2.05) is 37.4 Å². The SMILES string of the molecule is COC[C@@H](C)n1c(-c2cc(C)c(=O)n(C)c2)nc2ccccc21. The summed E-state index contributed by atoms with van der Waals surface area (Å²) >= 11 is 0. The maximum Gasteiger partial charge on any atom is 0.253 e. The van der Waals surface area contributed by atoms with Crippen molar-refractivity contribution < 1.29 is 4.74 Å². The minimum Gasteiger partial charge on any atom is -0.383 e. The van der Waals surface area contributed by atoms with Gasteiger partial charge in [-0.3, -0.25) is 4.79 Å². The predicted octanol–water partition coefficient (Wildman–Crippen LogP) is 2.92. The highest BCUT2D eigenvalue weighted by Gasteiger charge is 2.18. The number of imidazole rings is 1. The zero-order chi connectivity index (χ0) is 16.6.